The van der Waals surface area contributed by atoms with Crippen LogP contribution in [0, 0.1) is 5.82 Å². The number of thiophene rings is 1. The molecule has 0 unspecified atom stereocenters. The summed E-state index contributed by atoms with van der Waals surface area (Å²) in [7, 11) is 1.31. The highest BCUT2D eigenvalue weighted by atomic mass is 32.1. The number of nitrogens with one attached hydrogen (secondary N) is 1. The van der Waals surface area contributed by atoms with Gasteiger partial charge in [-0.1, -0.05) is 0 Å². The Kier molecular flexibility index (Phi) is 4.49. The molecule has 1 aliphatic carbocycles. The second-order valence-electron chi connectivity index (χ2n) is 6.13. The SMILES string of the molecule is COC(=O)c1ccc(NC(=O)c2nn(-c3ccc(F)cc3)c3c2CCC3)s1. The van der Waals surface area contributed by atoms with E-state index in [0.717, 1.165) is 47.5 Å². The number of anilines is 1. The van der Waals surface area contributed by atoms with Gasteiger partial charge in [0.15, 0.2) is 5.69 Å². The van der Waals surface area contributed by atoms with Crippen molar-refractivity contribution in [3.63, 3.8) is 0 Å². The summed E-state index contributed by atoms with van der Waals surface area (Å²) in [6.45, 7) is 0. The van der Waals surface area contributed by atoms with Crippen molar-refractivity contribution >= 4 is 28.2 Å². The molecule has 0 atom stereocenters. The van der Waals surface area contributed by atoms with Gasteiger partial charge in [0.25, 0.3) is 5.91 Å². The molecule has 0 saturated carbocycles. The molecule has 6 nitrogen and oxygen atoms in total. The van der Waals surface area contributed by atoms with E-state index in [9.17, 15) is 14.0 Å². The number of rotatable bonds is 4. The Hall–Kier alpha value is -3.00. The van der Waals surface area contributed by atoms with E-state index in [4.69, 9.17) is 0 Å². The molecule has 0 saturated heterocycles. The van der Waals surface area contributed by atoms with Crippen LogP contribution in [0.3, 0.4) is 0 Å². The van der Waals surface area contributed by atoms with Gasteiger partial charge in [-0.25, -0.2) is 13.9 Å². The van der Waals surface area contributed by atoms with Crippen molar-refractivity contribution in [3.8, 4) is 5.69 Å². The van der Waals surface area contributed by atoms with Gasteiger partial charge in [0.2, 0.25) is 0 Å². The van der Waals surface area contributed by atoms with Crippen LogP contribution < -0.4 is 5.32 Å². The molecule has 4 rings (SSSR count). The number of fused-ring (bicyclic) bond motifs is 1. The van der Waals surface area contributed by atoms with E-state index >= 15 is 0 Å². The summed E-state index contributed by atoms with van der Waals surface area (Å²) in [5.74, 6) is -1.09. The monoisotopic (exact) mass is 385 g/mol. The molecule has 3 aromatic rings. The summed E-state index contributed by atoms with van der Waals surface area (Å²) in [4.78, 5) is 24.7. The number of halogens is 1. The fourth-order valence-electron chi connectivity index (χ4n) is 3.20. The van der Waals surface area contributed by atoms with Crippen LogP contribution in [0.1, 0.15) is 37.8 Å². The number of aromatic nitrogens is 2. The molecule has 1 amide bonds. The Morgan fingerprint density at radius 3 is 2.70 bits per heavy atom. The Labute approximate surface area is 158 Å². The lowest BCUT2D eigenvalue weighted by Gasteiger charge is -2.05. The van der Waals surface area contributed by atoms with Crippen LogP contribution in [0.5, 0.6) is 0 Å². The third-order valence-electron chi connectivity index (χ3n) is 4.45. The fourth-order valence-corrected chi connectivity index (χ4v) is 4.02. The molecular formula is C19H16FN3O3S. The number of ether oxygens (including phenoxy) is 1. The first-order chi connectivity index (χ1) is 13.1. The minimum absolute atomic E-state index is 0.320. The average Bonchev–Trinajstić information content (AvgIpc) is 3.38. The second kappa shape index (κ2) is 6.96. The van der Waals surface area contributed by atoms with Gasteiger partial charge >= 0.3 is 5.97 Å². The Morgan fingerprint density at radius 1 is 1.19 bits per heavy atom. The van der Waals surface area contributed by atoms with E-state index in [1.54, 1.807) is 28.9 Å². The summed E-state index contributed by atoms with van der Waals surface area (Å²) >= 11 is 1.14. The maximum absolute atomic E-state index is 13.2. The number of carbonyl (C=O) groups is 2. The fraction of sp³-hybridized carbons (Fsp3) is 0.211. The molecular weight excluding hydrogens is 369 g/mol. The van der Waals surface area contributed by atoms with Gasteiger partial charge < -0.3 is 10.1 Å². The van der Waals surface area contributed by atoms with Gasteiger partial charge in [0.05, 0.1) is 17.8 Å². The lowest BCUT2D eigenvalue weighted by Crippen LogP contribution is -2.14. The molecule has 27 heavy (non-hydrogen) atoms. The van der Waals surface area contributed by atoms with Gasteiger partial charge in [-0.3, -0.25) is 4.79 Å². The van der Waals surface area contributed by atoms with Gasteiger partial charge in [-0.15, -0.1) is 11.3 Å². The van der Waals surface area contributed by atoms with E-state index in [-0.39, 0.29) is 11.7 Å². The standard InChI is InChI=1S/C19H16FN3O3S/c1-26-19(25)15-9-10-16(27-15)21-18(24)17-13-3-2-4-14(13)23(22-17)12-7-5-11(20)6-8-12/h5-10H,2-4H2,1H3,(H,21,24). The van der Waals surface area contributed by atoms with Gasteiger partial charge in [0.1, 0.15) is 10.7 Å². The predicted octanol–water partition coefficient (Wildman–Crippen LogP) is 3.60. The lowest BCUT2D eigenvalue weighted by molar-refractivity contribution is 0.0606. The first-order valence-electron chi connectivity index (χ1n) is 8.43. The van der Waals surface area contributed by atoms with Crippen molar-refractivity contribution < 1.29 is 18.7 Å². The molecule has 0 bridgehead atoms. The predicted molar refractivity (Wildman–Crippen MR) is 99.2 cm³/mol. The highest BCUT2D eigenvalue weighted by molar-refractivity contribution is 7.18. The maximum atomic E-state index is 13.2. The Bertz CT molecular complexity index is 1020. The minimum Gasteiger partial charge on any atom is -0.465 e. The molecule has 0 fully saturated rings. The molecule has 1 aliphatic rings. The molecule has 8 heteroatoms. The maximum Gasteiger partial charge on any atom is 0.348 e. The zero-order chi connectivity index (χ0) is 19.0. The molecule has 1 aromatic carbocycles. The minimum atomic E-state index is -0.443. The van der Waals surface area contributed by atoms with Crippen LogP contribution >= 0.6 is 11.3 Å². The van der Waals surface area contributed by atoms with E-state index in [0.29, 0.717) is 15.6 Å². The van der Waals surface area contributed by atoms with E-state index < -0.39 is 5.97 Å². The Balaban J connectivity index is 1.63. The normalized spacial score (nSPS) is 12.7. The molecule has 138 valence electrons. The summed E-state index contributed by atoms with van der Waals surface area (Å²) in [5.41, 5.74) is 2.98. The number of esters is 1. The first-order valence-corrected chi connectivity index (χ1v) is 9.24. The smallest absolute Gasteiger partial charge is 0.348 e. The van der Waals surface area contributed by atoms with E-state index in [2.05, 4.69) is 15.2 Å². The van der Waals surface area contributed by atoms with Gasteiger partial charge in [0, 0.05) is 11.3 Å². The molecule has 2 aromatic heterocycles. The van der Waals surface area contributed by atoms with Crippen LogP contribution in [0.2, 0.25) is 0 Å². The van der Waals surface area contributed by atoms with Crippen molar-refractivity contribution in [2.24, 2.45) is 0 Å². The Morgan fingerprint density at radius 2 is 1.96 bits per heavy atom. The van der Waals surface area contributed by atoms with Crippen molar-refractivity contribution in [3.05, 3.63) is 64.0 Å². The van der Waals surface area contributed by atoms with Crippen molar-refractivity contribution in [1.29, 1.82) is 0 Å². The first kappa shape index (κ1) is 17.4. The molecule has 0 aliphatic heterocycles. The molecule has 0 radical (unpaired) electrons. The zero-order valence-electron chi connectivity index (χ0n) is 14.5. The summed E-state index contributed by atoms with van der Waals surface area (Å²) in [5, 5.41) is 7.82. The molecule has 2 heterocycles. The summed E-state index contributed by atoms with van der Waals surface area (Å²) in [6.07, 6.45) is 2.54. The van der Waals surface area contributed by atoms with E-state index in [1.165, 1.54) is 19.2 Å². The number of hydrogen-bond acceptors (Lipinski definition) is 5. The summed E-state index contributed by atoms with van der Waals surface area (Å²) < 4.78 is 19.6. The van der Waals surface area contributed by atoms with Crippen LogP contribution in [0.15, 0.2) is 36.4 Å². The zero-order valence-corrected chi connectivity index (χ0v) is 15.3. The van der Waals surface area contributed by atoms with Crippen LogP contribution in [-0.4, -0.2) is 28.8 Å². The second-order valence-corrected chi connectivity index (χ2v) is 7.21. The number of benzene rings is 1. The van der Waals surface area contributed by atoms with Crippen molar-refractivity contribution in [2.75, 3.05) is 12.4 Å². The average molecular weight is 385 g/mol. The molecule has 1 N–H and O–H groups in total. The number of carbonyl (C=O) groups excluding carboxylic acids is 2. The third kappa shape index (κ3) is 3.23. The number of methoxy groups -OCH3 is 1. The number of nitrogens with zero attached hydrogens (tertiary/aromatic N) is 2. The van der Waals surface area contributed by atoms with Crippen LogP contribution in [0.25, 0.3) is 5.69 Å². The van der Waals surface area contributed by atoms with Crippen molar-refractivity contribution in [2.45, 2.75) is 19.3 Å². The highest BCUT2D eigenvalue weighted by Gasteiger charge is 2.27. The van der Waals surface area contributed by atoms with E-state index in [1.807, 2.05) is 0 Å². The third-order valence-corrected chi connectivity index (χ3v) is 5.43. The van der Waals surface area contributed by atoms with Crippen LogP contribution in [0.4, 0.5) is 9.39 Å². The van der Waals surface area contributed by atoms with Crippen LogP contribution in [-0.2, 0) is 17.6 Å². The topological polar surface area (TPSA) is 73.2 Å². The van der Waals surface area contributed by atoms with Gasteiger partial charge in [-0.2, -0.15) is 5.10 Å². The number of hydrogen-bond donors (Lipinski definition) is 1. The molecule has 0 spiro atoms. The largest absolute Gasteiger partial charge is 0.465 e. The van der Waals surface area contributed by atoms with Gasteiger partial charge in [-0.05, 0) is 55.7 Å². The lowest BCUT2D eigenvalue weighted by atomic mass is 10.2. The summed E-state index contributed by atoms with van der Waals surface area (Å²) in [6, 6.07) is 9.30. The number of amides is 1. The quantitative estimate of drug-likeness (QED) is 0.697. The van der Waals surface area contributed by atoms with Crippen molar-refractivity contribution in [1.82, 2.24) is 9.78 Å². The highest BCUT2D eigenvalue weighted by Crippen LogP contribution is 2.29.